The van der Waals surface area contributed by atoms with E-state index in [4.69, 9.17) is 17.0 Å². The van der Waals surface area contributed by atoms with E-state index < -0.39 is 0 Å². The monoisotopic (exact) mass is 447 g/mol. The quantitative estimate of drug-likeness (QED) is 0.373. The summed E-state index contributed by atoms with van der Waals surface area (Å²) in [7, 11) is 0. The summed E-state index contributed by atoms with van der Waals surface area (Å²) in [5.41, 5.74) is 1.98. The molecule has 1 saturated heterocycles. The number of nitrogens with zero attached hydrogens (tertiary/aromatic N) is 1. The Morgan fingerprint density at radius 1 is 1.19 bits per heavy atom. The summed E-state index contributed by atoms with van der Waals surface area (Å²) in [5, 5.41) is 0. The maximum Gasteiger partial charge on any atom is 0.338 e. The lowest BCUT2D eigenvalue weighted by Crippen LogP contribution is -2.27. The van der Waals surface area contributed by atoms with Gasteiger partial charge in [0.15, 0.2) is 4.32 Å². The second-order valence-electron chi connectivity index (χ2n) is 5.34. The third-order valence-electron chi connectivity index (χ3n) is 3.60. The lowest BCUT2D eigenvalue weighted by molar-refractivity contribution is -0.113. The first-order valence-corrected chi connectivity index (χ1v) is 9.82. The summed E-state index contributed by atoms with van der Waals surface area (Å²) in [4.78, 5) is 26.5. The molecule has 1 heterocycles. The molecule has 132 valence electrons. The molecule has 0 aromatic heterocycles. The van der Waals surface area contributed by atoms with E-state index in [9.17, 15) is 9.59 Å². The van der Waals surface area contributed by atoms with Crippen LogP contribution in [-0.2, 0) is 9.53 Å². The van der Waals surface area contributed by atoms with Gasteiger partial charge in [0.25, 0.3) is 5.91 Å². The normalized spacial score (nSPS) is 15.6. The first-order chi connectivity index (χ1) is 12.5. The number of rotatable bonds is 4. The van der Waals surface area contributed by atoms with Gasteiger partial charge in [-0.05, 0) is 55.0 Å². The van der Waals surface area contributed by atoms with E-state index >= 15 is 0 Å². The molecular weight excluding hydrogens is 434 g/mol. The molecule has 2 aromatic rings. The molecule has 0 spiro atoms. The zero-order valence-electron chi connectivity index (χ0n) is 13.8. The van der Waals surface area contributed by atoms with Crippen molar-refractivity contribution >= 4 is 67.9 Å². The van der Waals surface area contributed by atoms with Crippen LogP contribution in [0.3, 0.4) is 0 Å². The van der Waals surface area contributed by atoms with Gasteiger partial charge in [-0.3, -0.25) is 9.69 Å². The minimum atomic E-state index is -0.389. The van der Waals surface area contributed by atoms with Crippen molar-refractivity contribution in [2.75, 3.05) is 11.5 Å². The number of thioether (sulfide) groups is 1. The first kappa shape index (κ1) is 18.8. The van der Waals surface area contributed by atoms with Crippen molar-refractivity contribution in [2.24, 2.45) is 0 Å². The summed E-state index contributed by atoms with van der Waals surface area (Å²) in [6.45, 7) is 2.07. The van der Waals surface area contributed by atoms with Gasteiger partial charge in [0, 0.05) is 4.47 Å². The molecule has 3 rings (SSSR count). The molecule has 0 N–H and O–H groups in total. The number of ether oxygens (including phenoxy) is 1. The third-order valence-corrected chi connectivity index (χ3v) is 5.43. The van der Waals surface area contributed by atoms with Crippen molar-refractivity contribution in [3.8, 4) is 0 Å². The van der Waals surface area contributed by atoms with Gasteiger partial charge in [0.1, 0.15) is 0 Å². The first-order valence-electron chi connectivity index (χ1n) is 7.80. The Balaban J connectivity index is 1.83. The number of amides is 1. The van der Waals surface area contributed by atoms with Gasteiger partial charge in [-0.25, -0.2) is 4.79 Å². The van der Waals surface area contributed by atoms with Crippen molar-refractivity contribution in [3.63, 3.8) is 0 Å². The van der Waals surface area contributed by atoms with Crippen LogP contribution in [0.5, 0.6) is 0 Å². The molecule has 0 bridgehead atoms. The summed E-state index contributed by atoms with van der Waals surface area (Å²) < 4.78 is 6.40. The lowest BCUT2D eigenvalue weighted by atomic mass is 10.2. The highest BCUT2D eigenvalue weighted by Gasteiger charge is 2.33. The van der Waals surface area contributed by atoms with Crippen LogP contribution in [0, 0.1) is 0 Å². The lowest BCUT2D eigenvalue weighted by Gasteiger charge is -2.14. The Morgan fingerprint density at radius 2 is 1.85 bits per heavy atom. The number of esters is 1. The van der Waals surface area contributed by atoms with Crippen LogP contribution in [-0.4, -0.2) is 22.8 Å². The van der Waals surface area contributed by atoms with Crippen molar-refractivity contribution in [1.29, 1.82) is 0 Å². The van der Waals surface area contributed by atoms with Gasteiger partial charge in [-0.15, -0.1) is 0 Å². The van der Waals surface area contributed by atoms with Gasteiger partial charge in [0.05, 0.1) is 22.8 Å². The Morgan fingerprint density at radius 3 is 2.46 bits per heavy atom. The number of benzene rings is 2. The summed E-state index contributed by atoms with van der Waals surface area (Å²) in [6.07, 6.45) is 1.82. The molecule has 1 amide bonds. The van der Waals surface area contributed by atoms with Gasteiger partial charge >= 0.3 is 5.97 Å². The summed E-state index contributed by atoms with van der Waals surface area (Å²) in [6, 6.07) is 14.3. The second kappa shape index (κ2) is 8.16. The van der Waals surface area contributed by atoms with Crippen LogP contribution >= 0.6 is 39.9 Å². The molecule has 0 saturated carbocycles. The van der Waals surface area contributed by atoms with Crippen molar-refractivity contribution in [3.05, 3.63) is 69.0 Å². The second-order valence-corrected chi connectivity index (χ2v) is 7.93. The zero-order chi connectivity index (χ0) is 18.7. The van der Waals surface area contributed by atoms with Crippen molar-refractivity contribution in [2.45, 2.75) is 6.92 Å². The third kappa shape index (κ3) is 4.06. The minimum absolute atomic E-state index is 0.174. The van der Waals surface area contributed by atoms with E-state index in [1.165, 1.54) is 16.7 Å². The van der Waals surface area contributed by atoms with E-state index in [1.54, 1.807) is 31.2 Å². The Hall–Kier alpha value is -1.96. The Labute approximate surface area is 169 Å². The zero-order valence-corrected chi connectivity index (χ0v) is 17.0. The standard InChI is InChI=1S/C19H14BrNO3S2/c1-2-24-18(23)13-5-9-15(10-6-13)21-17(22)16(26-19(21)25)11-12-3-7-14(20)8-4-12/h3-11H,2H2,1H3/b16-11-. The fraction of sp³-hybridized carbons (Fsp3) is 0.105. The van der Waals surface area contributed by atoms with Crippen LogP contribution in [0.4, 0.5) is 5.69 Å². The number of carbonyl (C=O) groups is 2. The van der Waals surface area contributed by atoms with Crippen molar-refractivity contribution in [1.82, 2.24) is 0 Å². The van der Waals surface area contributed by atoms with Crippen LogP contribution in [0.2, 0.25) is 0 Å². The molecule has 2 aromatic carbocycles. The highest BCUT2D eigenvalue weighted by molar-refractivity contribution is 9.10. The van der Waals surface area contributed by atoms with Crippen LogP contribution in [0.25, 0.3) is 6.08 Å². The van der Waals surface area contributed by atoms with Gasteiger partial charge in [-0.1, -0.05) is 52.0 Å². The number of anilines is 1. The molecule has 1 fully saturated rings. The maximum atomic E-state index is 12.8. The van der Waals surface area contributed by atoms with Gasteiger partial charge in [-0.2, -0.15) is 0 Å². The van der Waals surface area contributed by atoms with E-state index in [2.05, 4.69) is 15.9 Å². The Kier molecular flexibility index (Phi) is 5.90. The summed E-state index contributed by atoms with van der Waals surface area (Å²) in [5.74, 6) is -0.564. The molecular formula is C19H14BrNO3S2. The van der Waals surface area contributed by atoms with Gasteiger partial charge in [0.2, 0.25) is 0 Å². The molecule has 0 radical (unpaired) electrons. The number of hydrogen-bond donors (Lipinski definition) is 0. The van der Waals surface area contributed by atoms with Crippen LogP contribution in [0.15, 0.2) is 57.9 Å². The predicted molar refractivity (Wildman–Crippen MR) is 112 cm³/mol. The number of thiocarbonyl (C=S) groups is 1. The largest absolute Gasteiger partial charge is 0.462 e. The SMILES string of the molecule is CCOC(=O)c1ccc(N2C(=O)/C(=C/c3ccc(Br)cc3)SC2=S)cc1. The molecule has 0 atom stereocenters. The molecule has 0 unspecified atom stereocenters. The average Bonchev–Trinajstić information content (AvgIpc) is 2.91. The molecule has 26 heavy (non-hydrogen) atoms. The highest BCUT2D eigenvalue weighted by Crippen LogP contribution is 2.36. The van der Waals surface area contributed by atoms with E-state index in [0.29, 0.717) is 27.1 Å². The van der Waals surface area contributed by atoms with Crippen LogP contribution in [0.1, 0.15) is 22.8 Å². The fourth-order valence-electron chi connectivity index (χ4n) is 2.36. The van der Waals surface area contributed by atoms with E-state index in [0.717, 1.165) is 10.0 Å². The van der Waals surface area contributed by atoms with Crippen molar-refractivity contribution < 1.29 is 14.3 Å². The predicted octanol–water partition coefficient (Wildman–Crippen LogP) is 5.03. The minimum Gasteiger partial charge on any atom is -0.462 e. The molecule has 7 heteroatoms. The molecule has 1 aliphatic rings. The topological polar surface area (TPSA) is 46.6 Å². The number of carbonyl (C=O) groups excluding carboxylic acids is 2. The number of hydrogen-bond acceptors (Lipinski definition) is 5. The average molecular weight is 448 g/mol. The number of halogens is 1. The molecule has 1 aliphatic heterocycles. The summed E-state index contributed by atoms with van der Waals surface area (Å²) >= 11 is 10.0. The maximum absolute atomic E-state index is 12.8. The molecule has 4 nitrogen and oxygen atoms in total. The fourth-order valence-corrected chi connectivity index (χ4v) is 3.93. The van der Waals surface area contributed by atoms with Gasteiger partial charge < -0.3 is 4.74 Å². The highest BCUT2D eigenvalue weighted by atomic mass is 79.9. The van der Waals surface area contributed by atoms with E-state index in [-0.39, 0.29) is 11.9 Å². The Bertz CT molecular complexity index is 892. The molecule has 0 aliphatic carbocycles. The van der Waals surface area contributed by atoms with Crippen LogP contribution < -0.4 is 4.90 Å². The smallest absolute Gasteiger partial charge is 0.338 e. The van der Waals surface area contributed by atoms with E-state index in [1.807, 2.05) is 30.3 Å².